The second-order valence-electron chi connectivity index (χ2n) is 8.09. The number of allylic oxidation sites excluding steroid dienone is 4. The number of hydrogen-bond donors (Lipinski definition) is 2. The zero-order chi connectivity index (χ0) is 24.3. The third-order valence-corrected chi connectivity index (χ3v) is 6.77. The molecule has 33 heavy (non-hydrogen) atoms. The molecule has 1 amide bonds. The minimum atomic E-state index is -0.388. The summed E-state index contributed by atoms with van der Waals surface area (Å²) in [5, 5.41) is 13.4. The van der Waals surface area contributed by atoms with Gasteiger partial charge in [-0.05, 0) is 63.4 Å². The van der Waals surface area contributed by atoms with E-state index in [9.17, 15) is 19.5 Å². The van der Waals surface area contributed by atoms with E-state index < -0.39 is 0 Å². The van der Waals surface area contributed by atoms with Crippen molar-refractivity contribution >= 4 is 40.7 Å². The molecule has 1 atom stereocenters. The van der Waals surface area contributed by atoms with Gasteiger partial charge in [-0.15, -0.1) is 0 Å². The quantitative estimate of drug-likeness (QED) is 0.383. The summed E-state index contributed by atoms with van der Waals surface area (Å²) in [7, 11) is 0. The number of benzene rings is 2. The Labute approximate surface area is 203 Å². The summed E-state index contributed by atoms with van der Waals surface area (Å²) in [6.07, 6.45) is 1.03. The van der Waals surface area contributed by atoms with Gasteiger partial charge in [0.1, 0.15) is 5.75 Å². The van der Waals surface area contributed by atoms with Crippen molar-refractivity contribution in [2.45, 2.75) is 39.5 Å². The van der Waals surface area contributed by atoms with Gasteiger partial charge in [0, 0.05) is 34.8 Å². The van der Waals surface area contributed by atoms with Crippen molar-refractivity contribution in [3.8, 4) is 5.75 Å². The standard InChI is InChI=1S/C26H25Cl2NO4/c1-14-15(2)25(32)23(16(3)24(14)31)18(17-10-11-20(27)21(28)13-17)8-6-12-29-26(33)19-7-4-5-9-22(19)30/h4-5,7,9-11,13,18,30H,6,8,12H2,1-3H3,(H,29,33). The average molecular weight is 486 g/mol. The highest BCUT2D eigenvalue weighted by Crippen LogP contribution is 2.39. The van der Waals surface area contributed by atoms with Crippen LogP contribution < -0.4 is 5.32 Å². The lowest BCUT2D eigenvalue weighted by Gasteiger charge is -2.26. The maximum Gasteiger partial charge on any atom is 0.255 e. The molecule has 1 aliphatic rings. The van der Waals surface area contributed by atoms with Gasteiger partial charge in [0.05, 0.1) is 15.6 Å². The first-order valence-corrected chi connectivity index (χ1v) is 11.4. The van der Waals surface area contributed by atoms with Crippen LogP contribution >= 0.6 is 23.2 Å². The highest BCUT2D eigenvalue weighted by Gasteiger charge is 2.33. The van der Waals surface area contributed by atoms with Crippen molar-refractivity contribution < 1.29 is 19.5 Å². The summed E-state index contributed by atoms with van der Waals surface area (Å²) in [5.74, 6) is -1.15. The normalized spacial score (nSPS) is 15.2. The van der Waals surface area contributed by atoms with Crippen molar-refractivity contribution in [3.05, 3.63) is 85.9 Å². The molecule has 3 rings (SSSR count). The number of hydrogen-bond acceptors (Lipinski definition) is 4. The number of ketones is 2. The van der Waals surface area contributed by atoms with Crippen molar-refractivity contribution in [3.63, 3.8) is 0 Å². The first-order chi connectivity index (χ1) is 15.6. The van der Waals surface area contributed by atoms with Gasteiger partial charge in [0.25, 0.3) is 5.91 Å². The topological polar surface area (TPSA) is 83.5 Å². The molecule has 1 unspecified atom stereocenters. The van der Waals surface area contributed by atoms with Crippen LogP contribution in [0.3, 0.4) is 0 Å². The second-order valence-corrected chi connectivity index (χ2v) is 8.90. The molecule has 5 nitrogen and oxygen atoms in total. The molecule has 0 saturated heterocycles. The van der Waals surface area contributed by atoms with E-state index in [1.165, 1.54) is 6.07 Å². The van der Waals surface area contributed by atoms with Crippen molar-refractivity contribution in [2.75, 3.05) is 6.54 Å². The summed E-state index contributed by atoms with van der Waals surface area (Å²) in [6.45, 7) is 5.34. The van der Waals surface area contributed by atoms with Crippen LogP contribution in [0.4, 0.5) is 0 Å². The van der Waals surface area contributed by atoms with Gasteiger partial charge in [-0.3, -0.25) is 14.4 Å². The minimum Gasteiger partial charge on any atom is -0.507 e. The predicted octanol–water partition coefficient (Wildman–Crippen LogP) is 5.80. The van der Waals surface area contributed by atoms with Crippen LogP contribution in [-0.4, -0.2) is 29.1 Å². The highest BCUT2D eigenvalue weighted by atomic mass is 35.5. The Hall–Kier alpha value is -2.89. The number of carbonyl (C=O) groups is 3. The Morgan fingerprint density at radius 2 is 1.61 bits per heavy atom. The van der Waals surface area contributed by atoms with Gasteiger partial charge < -0.3 is 10.4 Å². The number of carbonyl (C=O) groups excluding carboxylic acids is 3. The Balaban J connectivity index is 1.84. The van der Waals surface area contributed by atoms with Crippen LogP contribution in [0.1, 0.15) is 55.5 Å². The highest BCUT2D eigenvalue weighted by molar-refractivity contribution is 6.42. The number of rotatable bonds is 7. The second kappa shape index (κ2) is 10.4. The molecule has 0 spiro atoms. The largest absolute Gasteiger partial charge is 0.507 e. The van der Waals surface area contributed by atoms with E-state index >= 15 is 0 Å². The Morgan fingerprint density at radius 3 is 2.27 bits per heavy atom. The average Bonchev–Trinajstić information content (AvgIpc) is 2.80. The lowest BCUT2D eigenvalue weighted by molar-refractivity contribution is -0.116. The van der Waals surface area contributed by atoms with Gasteiger partial charge in [0.2, 0.25) is 0 Å². The summed E-state index contributed by atoms with van der Waals surface area (Å²) < 4.78 is 0. The number of phenolic OH excluding ortho intramolecular Hbond substituents is 1. The zero-order valence-electron chi connectivity index (χ0n) is 18.7. The van der Waals surface area contributed by atoms with Crippen molar-refractivity contribution in [2.24, 2.45) is 0 Å². The lowest BCUT2D eigenvalue weighted by atomic mass is 9.76. The first-order valence-electron chi connectivity index (χ1n) is 10.6. The third-order valence-electron chi connectivity index (χ3n) is 6.03. The van der Waals surface area contributed by atoms with Crippen molar-refractivity contribution in [1.82, 2.24) is 5.32 Å². The monoisotopic (exact) mass is 485 g/mol. The maximum atomic E-state index is 13.2. The number of aromatic hydroxyl groups is 1. The van der Waals surface area contributed by atoms with Crippen LogP contribution in [0.25, 0.3) is 0 Å². The van der Waals surface area contributed by atoms with E-state index in [1.54, 1.807) is 57.2 Å². The van der Waals surface area contributed by atoms with Crippen LogP contribution in [0, 0.1) is 0 Å². The Morgan fingerprint density at radius 1 is 0.939 bits per heavy atom. The SMILES string of the molecule is CC1=C(C)C(=O)C(C(CCCNC(=O)c2ccccc2O)c2ccc(Cl)c(Cl)c2)=C(C)C1=O. The summed E-state index contributed by atoms with van der Waals surface area (Å²) >= 11 is 12.3. The third kappa shape index (κ3) is 5.21. The Kier molecular flexibility index (Phi) is 7.77. The van der Waals surface area contributed by atoms with E-state index in [4.69, 9.17) is 23.2 Å². The van der Waals surface area contributed by atoms with E-state index in [0.29, 0.717) is 51.7 Å². The Bertz CT molecular complexity index is 1200. The fourth-order valence-electron chi connectivity index (χ4n) is 4.01. The van der Waals surface area contributed by atoms with Crippen LogP contribution in [-0.2, 0) is 9.59 Å². The fraction of sp³-hybridized carbons (Fsp3) is 0.269. The molecule has 172 valence electrons. The molecule has 1 aliphatic carbocycles. The number of para-hydroxylation sites is 1. The van der Waals surface area contributed by atoms with Gasteiger partial charge in [-0.1, -0.05) is 41.4 Å². The van der Waals surface area contributed by atoms with Gasteiger partial charge in [-0.25, -0.2) is 0 Å². The van der Waals surface area contributed by atoms with E-state index in [2.05, 4.69) is 5.32 Å². The number of Topliss-reactive ketones (excluding diaryl/α,β-unsaturated/α-hetero) is 2. The molecule has 2 aromatic rings. The molecular formula is C26H25Cl2NO4. The molecular weight excluding hydrogens is 461 g/mol. The molecule has 2 N–H and O–H groups in total. The predicted molar refractivity (Wildman–Crippen MR) is 130 cm³/mol. The fourth-order valence-corrected chi connectivity index (χ4v) is 4.32. The molecule has 0 bridgehead atoms. The summed E-state index contributed by atoms with van der Waals surface area (Å²) in [4.78, 5) is 38.3. The van der Waals surface area contributed by atoms with Gasteiger partial charge in [-0.2, -0.15) is 0 Å². The summed E-state index contributed by atoms with van der Waals surface area (Å²) in [6, 6.07) is 11.5. The summed E-state index contributed by atoms with van der Waals surface area (Å²) in [5.41, 5.74) is 2.76. The molecule has 0 heterocycles. The number of nitrogens with one attached hydrogen (secondary N) is 1. The molecule has 0 aliphatic heterocycles. The number of amides is 1. The number of halogens is 2. The molecule has 0 fully saturated rings. The number of phenols is 1. The van der Waals surface area contributed by atoms with Gasteiger partial charge >= 0.3 is 0 Å². The zero-order valence-corrected chi connectivity index (χ0v) is 20.2. The lowest BCUT2D eigenvalue weighted by Crippen LogP contribution is -2.27. The van der Waals surface area contributed by atoms with Crippen LogP contribution in [0.15, 0.2) is 64.8 Å². The maximum absolute atomic E-state index is 13.2. The minimum absolute atomic E-state index is 0.0894. The van der Waals surface area contributed by atoms with Gasteiger partial charge in [0.15, 0.2) is 11.6 Å². The van der Waals surface area contributed by atoms with Crippen LogP contribution in [0.2, 0.25) is 10.0 Å². The first kappa shape index (κ1) is 24.7. The van der Waals surface area contributed by atoms with E-state index in [1.807, 2.05) is 0 Å². The van der Waals surface area contributed by atoms with Crippen molar-refractivity contribution in [1.29, 1.82) is 0 Å². The molecule has 0 radical (unpaired) electrons. The van der Waals surface area contributed by atoms with E-state index in [0.717, 1.165) is 5.56 Å². The molecule has 0 saturated carbocycles. The van der Waals surface area contributed by atoms with E-state index in [-0.39, 0.29) is 34.7 Å². The molecule has 0 aromatic heterocycles. The van der Waals surface area contributed by atoms with Crippen LogP contribution in [0.5, 0.6) is 5.75 Å². The molecule has 7 heteroatoms. The smallest absolute Gasteiger partial charge is 0.255 e. The molecule has 2 aromatic carbocycles.